The quantitative estimate of drug-likeness (QED) is 0.882. The summed E-state index contributed by atoms with van der Waals surface area (Å²) in [5.74, 6) is -0.736. The van der Waals surface area contributed by atoms with Crippen molar-refractivity contribution in [3.8, 4) is 0 Å². The van der Waals surface area contributed by atoms with Crippen LogP contribution in [0, 0.1) is 13.8 Å². The van der Waals surface area contributed by atoms with Crippen molar-refractivity contribution in [2.45, 2.75) is 26.7 Å². The minimum absolute atomic E-state index is 0.220. The first-order valence-corrected chi connectivity index (χ1v) is 7.79. The van der Waals surface area contributed by atoms with E-state index in [1.54, 1.807) is 24.3 Å². The Morgan fingerprint density at radius 1 is 0.958 bits per heavy atom. The highest BCUT2D eigenvalue weighted by atomic mass is 16.2. The summed E-state index contributed by atoms with van der Waals surface area (Å²) in [7, 11) is 0. The first-order chi connectivity index (χ1) is 11.4. The standard InChI is InChI=1S/C19H18N2O3/c1-12-8-13(2)10-15(9-12)20-19(24)14-4-3-5-16(11-14)21-17(22)6-7-18(21)23/h3-5,8-11H,6-7H2,1-2H3,(H,20,24). The number of carbonyl (C=O) groups excluding carboxylic acids is 3. The number of amides is 3. The number of rotatable bonds is 3. The molecule has 1 N–H and O–H groups in total. The van der Waals surface area contributed by atoms with Gasteiger partial charge in [0.1, 0.15) is 0 Å². The van der Waals surface area contributed by atoms with Crippen LogP contribution in [0.15, 0.2) is 42.5 Å². The van der Waals surface area contributed by atoms with Crippen molar-refractivity contribution < 1.29 is 14.4 Å². The van der Waals surface area contributed by atoms with Gasteiger partial charge in [0.25, 0.3) is 5.91 Å². The molecule has 0 aromatic heterocycles. The molecule has 2 aromatic rings. The number of imide groups is 1. The Labute approximate surface area is 140 Å². The number of anilines is 2. The van der Waals surface area contributed by atoms with Crippen LogP contribution in [0.2, 0.25) is 0 Å². The lowest BCUT2D eigenvalue weighted by Crippen LogP contribution is -2.28. The van der Waals surface area contributed by atoms with Crippen molar-refractivity contribution >= 4 is 29.1 Å². The summed E-state index contributed by atoms with van der Waals surface area (Å²) in [6.07, 6.45) is 0.440. The van der Waals surface area contributed by atoms with Gasteiger partial charge in [-0.3, -0.25) is 19.3 Å². The molecule has 0 aliphatic carbocycles. The lowest BCUT2D eigenvalue weighted by Gasteiger charge is -2.15. The molecular weight excluding hydrogens is 304 g/mol. The zero-order valence-electron chi connectivity index (χ0n) is 13.6. The molecule has 1 heterocycles. The van der Waals surface area contributed by atoms with Crippen LogP contribution in [0.3, 0.4) is 0 Å². The molecular formula is C19H18N2O3. The Hall–Kier alpha value is -2.95. The molecule has 0 spiro atoms. The van der Waals surface area contributed by atoms with E-state index in [4.69, 9.17) is 0 Å². The van der Waals surface area contributed by atoms with Crippen molar-refractivity contribution in [1.82, 2.24) is 0 Å². The third-order valence-corrected chi connectivity index (χ3v) is 3.90. The van der Waals surface area contributed by atoms with Gasteiger partial charge in [-0.05, 0) is 55.3 Å². The van der Waals surface area contributed by atoms with Crippen molar-refractivity contribution in [1.29, 1.82) is 0 Å². The summed E-state index contributed by atoms with van der Waals surface area (Å²) < 4.78 is 0. The number of aryl methyl sites for hydroxylation is 2. The lowest BCUT2D eigenvalue weighted by molar-refractivity contribution is -0.121. The van der Waals surface area contributed by atoms with Gasteiger partial charge in [0.05, 0.1) is 5.69 Å². The number of hydrogen-bond acceptors (Lipinski definition) is 3. The maximum absolute atomic E-state index is 12.5. The summed E-state index contributed by atoms with van der Waals surface area (Å²) in [5.41, 5.74) is 3.69. The van der Waals surface area contributed by atoms with Crippen LogP contribution in [0.1, 0.15) is 34.3 Å². The highest BCUT2D eigenvalue weighted by Crippen LogP contribution is 2.24. The second-order valence-electron chi connectivity index (χ2n) is 6.00. The SMILES string of the molecule is Cc1cc(C)cc(NC(=O)c2cccc(N3C(=O)CCC3=O)c2)c1. The topological polar surface area (TPSA) is 66.5 Å². The summed E-state index contributed by atoms with van der Waals surface area (Å²) in [4.78, 5) is 37.3. The van der Waals surface area contributed by atoms with E-state index in [0.29, 0.717) is 11.3 Å². The lowest BCUT2D eigenvalue weighted by atomic mass is 10.1. The Morgan fingerprint density at radius 3 is 2.21 bits per heavy atom. The molecule has 0 atom stereocenters. The summed E-state index contributed by atoms with van der Waals surface area (Å²) in [6, 6.07) is 12.4. The summed E-state index contributed by atoms with van der Waals surface area (Å²) in [6.45, 7) is 3.93. The van der Waals surface area contributed by atoms with Crippen molar-refractivity contribution in [2.24, 2.45) is 0 Å². The van der Waals surface area contributed by atoms with E-state index in [0.717, 1.165) is 21.7 Å². The molecule has 0 radical (unpaired) electrons. The maximum atomic E-state index is 12.5. The molecule has 5 nitrogen and oxygen atoms in total. The molecule has 2 aromatic carbocycles. The van der Waals surface area contributed by atoms with Gasteiger partial charge in [-0.15, -0.1) is 0 Å². The normalized spacial score (nSPS) is 14.2. The van der Waals surface area contributed by atoms with Gasteiger partial charge in [-0.25, -0.2) is 0 Å². The van der Waals surface area contributed by atoms with Gasteiger partial charge in [-0.2, -0.15) is 0 Å². The van der Waals surface area contributed by atoms with E-state index < -0.39 is 0 Å². The monoisotopic (exact) mass is 322 g/mol. The van der Waals surface area contributed by atoms with E-state index in [1.165, 1.54) is 0 Å². The predicted molar refractivity (Wildman–Crippen MR) is 92.0 cm³/mol. The Morgan fingerprint density at radius 2 is 1.58 bits per heavy atom. The molecule has 122 valence electrons. The fourth-order valence-corrected chi connectivity index (χ4v) is 2.90. The third kappa shape index (κ3) is 3.20. The number of carbonyl (C=O) groups is 3. The smallest absolute Gasteiger partial charge is 0.255 e. The first kappa shape index (κ1) is 15.9. The second kappa shape index (κ2) is 6.28. The molecule has 1 saturated heterocycles. The van der Waals surface area contributed by atoms with Gasteiger partial charge in [0.2, 0.25) is 11.8 Å². The Balaban J connectivity index is 1.84. The molecule has 5 heteroatoms. The number of nitrogens with one attached hydrogen (secondary N) is 1. The van der Waals surface area contributed by atoms with Crippen LogP contribution in [-0.2, 0) is 9.59 Å². The average Bonchev–Trinajstić information content (AvgIpc) is 2.85. The maximum Gasteiger partial charge on any atom is 0.255 e. The van der Waals surface area contributed by atoms with E-state index in [2.05, 4.69) is 5.32 Å². The van der Waals surface area contributed by atoms with Crippen molar-refractivity contribution in [3.05, 3.63) is 59.2 Å². The molecule has 1 fully saturated rings. The van der Waals surface area contributed by atoms with Crippen LogP contribution < -0.4 is 10.2 Å². The fourth-order valence-electron chi connectivity index (χ4n) is 2.90. The van der Waals surface area contributed by atoms with Crippen molar-refractivity contribution in [2.75, 3.05) is 10.2 Å². The van der Waals surface area contributed by atoms with Gasteiger partial charge >= 0.3 is 0 Å². The Kier molecular flexibility index (Phi) is 4.16. The third-order valence-electron chi connectivity index (χ3n) is 3.90. The van der Waals surface area contributed by atoms with Crippen molar-refractivity contribution in [3.63, 3.8) is 0 Å². The van der Waals surface area contributed by atoms with Crippen LogP contribution in [0.25, 0.3) is 0 Å². The minimum Gasteiger partial charge on any atom is -0.322 e. The molecule has 3 rings (SSSR count). The summed E-state index contributed by atoms with van der Waals surface area (Å²) >= 11 is 0. The second-order valence-corrected chi connectivity index (χ2v) is 6.00. The molecule has 1 aliphatic rings. The molecule has 24 heavy (non-hydrogen) atoms. The number of nitrogens with zero attached hydrogens (tertiary/aromatic N) is 1. The zero-order valence-corrected chi connectivity index (χ0v) is 13.6. The van der Waals surface area contributed by atoms with Crippen LogP contribution in [-0.4, -0.2) is 17.7 Å². The van der Waals surface area contributed by atoms with Crippen LogP contribution in [0.5, 0.6) is 0 Å². The van der Waals surface area contributed by atoms with E-state index in [9.17, 15) is 14.4 Å². The highest BCUT2D eigenvalue weighted by Gasteiger charge is 2.30. The number of hydrogen-bond donors (Lipinski definition) is 1. The molecule has 1 aliphatic heterocycles. The fraction of sp³-hybridized carbons (Fsp3) is 0.211. The minimum atomic E-state index is -0.277. The molecule has 0 unspecified atom stereocenters. The Bertz CT molecular complexity index is 806. The predicted octanol–water partition coefficient (Wildman–Crippen LogP) is 3.21. The average molecular weight is 322 g/mol. The van der Waals surface area contributed by atoms with E-state index in [1.807, 2.05) is 32.0 Å². The van der Waals surface area contributed by atoms with E-state index in [-0.39, 0.29) is 30.6 Å². The largest absolute Gasteiger partial charge is 0.322 e. The molecule has 3 amide bonds. The van der Waals surface area contributed by atoms with Gasteiger partial charge in [-0.1, -0.05) is 12.1 Å². The van der Waals surface area contributed by atoms with E-state index >= 15 is 0 Å². The van der Waals surface area contributed by atoms with Gasteiger partial charge < -0.3 is 5.32 Å². The van der Waals surface area contributed by atoms with Gasteiger partial charge in [0.15, 0.2) is 0 Å². The number of benzene rings is 2. The van der Waals surface area contributed by atoms with Crippen LogP contribution in [0.4, 0.5) is 11.4 Å². The molecule has 0 saturated carbocycles. The first-order valence-electron chi connectivity index (χ1n) is 7.79. The van der Waals surface area contributed by atoms with Crippen LogP contribution >= 0.6 is 0 Å². The summed E-state index contributed by atoms with van der Waals surface area (Å²) in [5, 5.41) is 2.85. The highest BCUT2D eigenvalue weighted by molar-refractivity contribution is 6.20. The van der Waals surface area contributed by atoms with Gasteiger partial charge in [0, 0.05) is 24.1 Å². The molecule has 0 bridgehead atoms. The zero-order chi connectivity index (χ0) is 17.3.